The Labute approximate surface area is 195 Å². The lowest BCUT2D eigenvalue weighted by atomic mass is 9.95. The second-order valence-corrected chi connectivity index (χ2v) is 9.50. The Balaban J connectivity index is 1.69. The van der Waals surface area contributed by atoms with Gasteiger partial charge in [0, 0.05) is 29.7 Å². The second kappa shape index (κ2) is 12.6. The standard InChI is InChI=1S/C26H33FN2O2S/c1-2-24(26(31)28-22-9-5-3-6-10-22)29(19-20-13-15-21(27)16-14-20)25(30)17-18-32-23-11-7-4-8-12-23/h4,7-8,11-16,22,24H,2-3,5-6,9-10,17-19H2,1H3,(H,28,31)/t24-/m1/s1. The maximum atomic E-state index is 13.4. The summed E-state index contributed by atoms with van der Waals surface area (Å²) in [5, 5.41) is 3.18. The lowest BCUT2D eigenvalue weighted by Crippen LogP contribution is -2.51. The van der Waals surface area contributed by atoms with Gasteiger partial charge in [-0.25, -0.2) is 4.39 Å². The third-order valence-electron chi connectivity index (χ3n) is 5.93. The molecule has 2 aromatic carbocycles. The van der Waals surface area contributed by atoms with Crippen LogP contribution in [0.1, 0.15) is 57.4 Å². The molecule has 2 aromatic rings. The van der Waals surface area contributed by atoms with Crippen molar-refractivity contribution in [3.8, 4) is 0 Å². The molecule has 0 aliphatic heterocycles. The number of hydrogen-bond donors (Lipinski definition) is 1. The molecule has 1 aliphatic carbocycles. The fourth-order valence-corrected chi connectivity index (χ4v) is 5.03. The van der Waals surface area contributed by atoms with Gasteiger partial charge in [0.1, 0.15) is 11.9 Å². The van der Waals surface area contributed by atoms with Gasteiger partial charge in [-0.3, -0.25) is 9.59 Å². The van der Waals surface area contributed by atoms with Crippen molar-refractivity contribution in [1.29, 1.82) is 0 Å². The van der Waals surface area contributed by atoms with Crippen LogP contribution in [0.4, 0.5) is 4.39 Å². The number of thioether (sulfide) groups is 1. The van der Waals surface area contributed by atoms with E-state index in [0.717, 1.165) is 36.1 Å². The van der Waals surface area contributed by atoms with Crippen molar-refractivity contribution in [3.05, 3.63) is 66.0 Å². The Morgan fingerprint density at radius 3 is 2.41 bits per heavy atom. The molecule has 1 saturated carbocycles. The van der Waals surface area contributed by atoms with Crippen molar-refractivity contribution in [2.24, 2.45) is 0 Å². The van der Waals surface area contributed by atoms with Crippen molar-refractivity contribution in [3.63, 3.8) is 0 Å². The van der Waals surface area contributed by atoms with Gasteiger partial charge in [-0.15, -0.1) is 11.8 Å². The number of nitrogens with one attached hydrogen (secondary N) is 1. The van der Waals surface area contributed by atoms with Crippen LogP contribution < -0.4 is 5.32 Å². The van der Waals surface area contributed by atoms with Gasteiger partial charge in [0.25, 0.3) is 0 Å². The lowest BCUT2D eigenvalue weighted by molar-refractivity contribution is -0.141. The molecule has 1 atom stereocenters. The molecular weight excluding hydrogens is 423 g/mol. The van der Waals surface area contributed by atoms with E-state index in [9.17, 15) is 14.0 Å². The Kier molecular flexibility index (Phi) is 9.60. The third kappa shape index (κ3) is 7.37. The van der Waals surface area contributed by atoms with E-state index in [0.29, 0.717) is 25.1 Å². The minimum atomic E-state index is -0.531. The SMILES string of the molecule is CC[C@H](C(=O)NC1CCCCC1)N(Cc1ccc(F)cc1)C(=O)CCSc1ccccc1. The van der Waals surface area contributed by atoms with E-state index in [1.165, 1.54) is 18.6 Å². The van der Waals surface area contributed by atoms with E-state index in [2.05, 4.69) is 5.32 Å². The van der Waals surface area contributed by atoms with E-state index < -0.39 is 6.04 Å². The number of nitrogens with zero attached hydrogens (tertiary/aromatic N) is 1. The average Bonchev–Trinajstić information content (AvgIpc) is 2.81. The third-order valence-corrected chi connectivity index (χ3v) is 6.95. The molecule has 0 heterocycles. The Morgan fingerprint density at radius 2 is 1.75 bits per heavy atom. The quantitative estimate of drug-likeness (QED) is 0.476. The van der Waals surface area contributed by atoms with Gasteiger partial charge in [-0.2, -0.15) is 0 Å². The van der Waals surface area contributed by atoms with Crippen LogP contribution in [0.5, 0.6) is 0 Å². The summed E-state index contributed by atoms with van der Waals surface area (Å²) >= 11 is 1.63. The van der Waals surface area contributed by atoms with Gasteiger partial charge >= 0.3 is 0 Å². The molecule has 0 radical (unpaired) electrons. The average molecular weight is 457 g/mol. The normalized spacial score (nSPS) is 15.2. The maximum Gasteiger partial charge on any atom is 0.243 e. The van der Waals surface area contributed by atoms with Gasteiger partial charge in [0.2, 0.25) is 11.8 Å². The monoisotopic (exact) mass is 456 g/mol. The molecule has 0 spiro atoms. The zero-order valence-electron chi connectivity index (χ0n) is 18.8. The van der Waals surface area contributed by atoms with Crippen molar-refractivity contribution in [2.45, 2.75) is 75.4 Å². The predicted molar refractivity (Wildman–Crippen MR) is 128 cm³/mol. The molecule has 1 N–H and O–H groups in total. The van der Waals surface area contributed by atoms with Crippen LogP contribution in [0.15, 0.2) is 59.5 Å². The molecule has 1 fully saturated rings. The maximum absolute atomic E-state index is 13.4. The number of halogens is 1. The lowest BCUT2D eigenvalue weighted by Gasteiger charge is -2.33. The highest BCUT2D eigenvalue weighted by molar-refractivity contribution is 7.99. The summed E-state index contributed by atoms with van der Waals surface area (Å²) in [6.07, 6.45) is 6.38. The smallest absolute Gasteiger partial charge is 0.243 e. The topological polar surface area (TPSA) is 49.4 Å². The Bertz CT molecular complexity index is 854. The highest BCUT2D eigenvalue weighted by Crippen LogP contribution is 2.21. The first kappa shape index (κ1) is 24.3. The fourth-order valence-electron chi connectivity index (χ4n) is 4.17. The van der Waals surface area contributed by atoms with Gasteiger partial charge in [0.15, 0.2) is 0 Å². The molecule has 172 valence electrons. The molecule has 0 bridgehead atoms. The molecule has 32 heavy (non-hydrogen) atoms. The summed E-state index contributed by atoms with van der Waals surface area (Å²) in [7, 11) is 0. The first-order valence-electron chi connectivity index (χ1n) is 11.6. The highest BCUT2D eigenvalue weighted by atomic mass is 32.2. The van der Waals surface area contributed by atoms with Crippen molar-refractivity contribution < 1.29 is 14.0 Å². The van der Waals surface area contributed by atoms with Crippen LogP contribution in [-0.4, -0.2) is 34.6 Å². The molecule has 6 heteroatoms. The largest absolute Gasteiger partial charge is 0.352 e. The van der Waals surface area contributed by atoms with Crippen LogP contribution in [0.25, 0.3) is 0 Å². The molecule has 1 aliphatic rings. The number of rotatable bonds is 10. The predicted octanol–water partition coefficient (Wildman–Crippen LogP) is 5.56. The zero-order chi connectivity index (χ0) is 22.8. The van der Waals surface area contributed by atoms with E-state index in [1.54, 1.807) is 28.8 Å². The summed E-state index contributed by atoms with van der Waals surface area (Å²) in [4.78, 5) is 29.2. The summed E-state index contributed by atoms with van der Waals surface area (Å²) in [5.41, 5.74) is 0.819. The number of hydrogen-bond acceptors (Lipinski definition) is 3. The van der Waals surface area contributed by atoms with E-state index in [1.807, 2.05) is 37.3 Å². The van der Waals surface area contributed by atoms with Gasteiger partial charge in [0.05, 0.1) is 0 Å². The Hall–Kier alpha value is -2.34. The second-order valence-electron chi connectivity index (χ2n) is 8.33. The van der Waals surface area contributed by atoms with Crippen LogP contribution >= 0.6 is 11.8 Å². The number of carbonyl (C=O) groups excluding carboxylic acids is 2. The molecular formula is C26H33FN2O2S. The summed E-state index contributed by atoms with van der Waals surface area (Å²) in [6.45, 7) is 2.24. The molecule has 3 rings (SSSR count). The van der Waals surface area contributed by atoms with E-state index in [-0.39, 0.29) is 23.7 Å². The van der Waals surface area contributed by atoms with Crippen LogP contribution in [-0.2, 0) is 16.1 Å². The van der Waals surface area contributed by atoms with Crippen LogP contribution in [0.2, 0.25) is 0 Å². The van der Waals surface area contributed by atoms with Crippen LogP contribution in [0.3, 0.4) is 0 Å². The zero-order valence-corrected chi connectivity index (χ0v) is 19.6. The molecule has 0 unspecified atom stereocenters. The van der Waals surface area contributed by atoms with Gasteiger partial charge in [-0.1, -0.05) is 56.5 Å². The fraction of sp³-hybridized carbons (Fsp3) is 0.462. The molecule has 0 aromatic heterocycles. The van der Waals surface area contributed by atoms with E-state index in [4.69, 9.17) is 0 Å². The molecule has 4 nitrogen and oxygen atoms in total. The van der Waals surface area contributed by atoms with Gasteiger partial charge in [-0.05, 0) is 49.1 Å². The summed E-state index contributed by atoms with van der Waals surface area (Å²) < 4.78 is 13.4. The first-order chi connectivity index (χ1) is 15.6. The summed E-state index contributed by atoms with van der Waals surface area (Å²) in [6, 6.07) is 15.8. The Morgan fingerprint density at radius 1 is 1.06 bits per heavy atom. The first-order valence-corrected chi connectivity index (χ1v) is 12.6. The van der Waals surface area contributed by atoms with Crippen LogP contribution in [0, 0.1) is 5.82 Å². The summed E-state index contributed by atoms with van der Waals surface area (Å²) in [5.74, 6) is 0.200. The number of benzene rings is 2. The minimum Gasteiger partial charge on any atom is -0.352 e. The van der Waals surface area contributed by atoms with Crippen molar-refractivity contribution in [2.75, 3.05) is 5.75 Å². The number of amides is 2. The highest BCUT2D eigenvalue weighted by Gasteiger charge is 2.30. The molecule has 0 saturated heterocycles. The van der Waals surface area contributed by atoms with E-state index >= 15 is 0 Å². The molecule has 2 amide bonds. The van der Waals surface area contributed by atoms with Crippen molar-refractivity contribution >= 4 is 23.6 Å². The minimum absolute atomic E-state index is 0.0524. The van der Waals surface area contributed by atoms with Crippen molar-refractivity contribution in [1.82, 2.24) is 10.2 Å². The number of carbonyl (C=O) groups is 2. The van der Waals surface area contributed by atoms with Gasteiger partial charge < -0.3 is 10.2 Å².